The zero-order chi connectivity index (χ0) is 44.8. The fourth-order valence-corrected chi connectivity index (χ4v) is 9.98. The SMILES string of the molecule is COc1cc(C(O)CCN2CCN(c3ccc(-c4cnc5[nH]cc(C(=O)c6c(F)ccc(N[S+]([O-])N7CCC(F)C7)c6F)c5c4)cc3)CC2)cc2c1C(=O)N(C1CCC(=O)NC1=O)C2. The molecule has 0 saturated carbocycles. The van der Waals surface area contributed by atoms with E-state index in [0.29, 0.717) is 52.0 Å². The number of ether oxygens (including phenoxy) is 1. The van der Waals surface area contributed by atoms with Gasteiger partial charge in [0.25, 0.3) is 5.91 Å². The van der Waals surface area contributed by atoms with Gasteiger partial charge in [0.15, 0.2) is 17.4 Å². The number of aromatic nitrogens is 2. The van der Waals surface area contributed by atoms with Crippen molar-refractivity contribution < 1.29 is 46.7 Å². The van der Waals surface area contributed by atoms with Crippen LogP contribution in [0.3, 0.4) is 0 Å². The van der Waals surface area contributed by atoms with Crippen LogP contribution >= 0.6 is 0 Å². The zero-order valence-electron chi connectivity index (χ0n) is 34.7. The fourth-order valence-electron chi connectivity index (χ4n) is 8.93. The first-order valence-corrected chi connectivity index (χ1v) is 22.2. The smallest absolute Gasteiger partial charge is 0.258 e. The van der Waals surface area contributed by atoms with Gasteiger partial charge in [-0.2, -0.15) is 4.72 Å². The Bertz CT molecular complexity index is 2640. The average Bonchev–Trinajstić information content (AvgIpc) is 4.03. The molecule has 4 aliphatic rings. The van der Waals surface area contributed by atoms with E-state index in [2.05, 4.69) is 29.8 Å². The predicted molar refractivity (Wildman–Crippen MR) is 231 cm³/mol. The molecule has 6 heterocycles. The average molecular weight is 899 g/mol. The second kappa shape index (κ2) is 17.9. The number of H-pyrrole nitrogens is 1. The number of rotatable bonds is 13. The van der Waals surface area contributed by atoms with E-state index in [1.807, 2.05) is 24.3 Å². The monoisotopic (exact) mass is 898 g/mol. The normalized spacial score (nSPS) is 20.4. The molecule has 3 fully saturated rings. The van der Waals surface area contributed by atoms with E-state index in [1.54, 1.807) is 24.4 Å². The summed E-state index contributed by atoms with van der Waals surface area (Å²) in [4.78, 5) is 64.7. The van der Waals surface area contributed by atoms with Gasteiger partial charge in [-0.15, -0.1) is 4.31 Å². The van der Waals surface area contributed by atoms with Gasteiger partial charge >= 0.3 is 0 Å². The minimum Gasteiger partial charge on any atom is -0.573 e. The molecule has 4 N–H and O–H groups in total. The van der Waals surface area contributed by atoms with E-state index in [4.69, 9.17) is 4.74 Å². The number of piperidine rings is 1. The number of amides is 3. The molecule has 5 aromatic rings. The Morgan fingerprint density at radius 3 is 2.53 bits per heavy atom. The van der Waals surface area contributed by atoms with Crippen molar-refractivity contribution in [1.29, 1.82) is 0 Å². The number of halogens is 3. The molecule has 3 amide bonds. The summed E-state index contributed by atoms with van der Waals surface area (Å²) in [5.41, 5.74) is 3.34. The standard InChI is InChI=1S/C45H45F3N8O7S/c1-63-37-20-26(18-28-23-56(45(61)39(28)37)35-8-9-38(58)51-44(35)60)36(57)11-12-53-14-16-54(17-15-53)30-4-2-25(3-5-30)27-19-31-32(22-50-43(31)49-21-27)42(59)40-33(47)6-7-34(41(40)48)52-64(62)55-13-10-29(46)24-55/h2-7,18-22,29,35-36,52,57H,8-17,23-24H2,1H3,(H,49,50)(H,51,58,60). The summed E-state index contributed by atoms with van der Waals surface area (Å²) in [5.74, 6) is -4.08. The quantitative estimate of drug-likeness (QED) is 0.0721. The number of piperazine rings is 1. The molecule has 0 aliphatic carbocycles. The molecule has 0 radical (unpaired) electrons. The van der Waals surface area contributed by atoms with Crippen molar-refractivity contribution >= 4 is 57.5 Å². The molecule has 4 atom stereocenters. The number of aliphatic hydroxyl groups excluding tert-OH is 1. The van der Waals surface area contributed by atoms with Crippen LogP contribution in [0.4, 0.5) is 24.5 Å². The number of nitrogens with one attached hydrogen (secondary N) is 3. The summed E-state index contributed by atoms with van der Waals surface area (Å²) in [6, 6.07) is 14.3. The van der Waals surface area contributed by atoms with E-state index in [-0.39, 0.29) is 62.0 Å². The highest BCUT2D eigenvalue weighted by atomic mass is 32.2. The summed E-state index contributed by atoms with van der Waals surface area (Å²) in [6.45, 7) is 3.95. The van der Waals surface area contributed by atoms with Crippen LogP contribution in [0.2, 0.25) is 0 Å². The summed E-state index contributed by atoms with van der Waals surface area (Å²) < 4.78 is 66.5. The van der Waals surface area contributed by atoms with Crippen LogP contribution in [0.1, 0.15) is 69.2 Å². The van der Waals surface area contributed by atoms with Crippen LogP contribution in [-0.4, -0.2) is 122 Å². The zero-order valence-corrected chi connectivity index (χ0v) is 35.6. The Morgan fingerprint density at radius 2 is 1.81 bits per heavy atom. The second-order valence-electron chi connectivity index (χ2n) is 16.4. The summed E-state index contributed by atoms with van der Waals surface area (Å²) in [6.07, 6.45) is 2.07. The van der Waals surface area contributed by atoms with Crippen LogP contribution in [0.15, 0.2) is 67.0 Å². The first-order chi connectivity index (χ1) is 30.9. The molecule has 0 bridgehead atoms. The highest BCUT2D eigenvalue weighted by molar-refractivity contribution is 7.90. The van der Waals surface area contributed by atoms with Gasteiger partial charge in [-0.3, -0.25) is 29.4 Å². The Kier molecular flexibility index (Phi) is 12.1. The minimum atomic E-state index is -1.99. The Hall–Kier alpha value is -5.99. The van der Waals surface area contributed by atoms with E-state index in [9.17, 15) is 33.2 Å². The predicted octanol–water partition coefficient (Wildman–Crippen LogP) is 4.79. The first-order valence-electron chi connectivity index (χ1n) is 21.1. The molecule has 3 aromatic carbocycles. The van der Waals surface area contributed by atoms with Gasteiger partial charge in [-0.1, -0.05) is 18.2 Å². The van der Waals surface area contributed by atoms with Gasteiger partial charge in [0.2, 0.25) is 17.6 Å². The van der Waals surface area contributed by atoms with Crippen LogP contribution in [0, 0.1) is 11.6 Å². The van der Waals surface area contributed by atoms with Crippen LogP contribution < -0.4 is 19.7 Å². The lowest BCUT2D eigenvalue weighted by atomic mass is 9.99. The van der Waals surface area contributed by atoms with Gasteiger partial charge in [0.05, 0.1) is 30.9 Å². The minimum absolute atomic E-state index is 0.00381. The van der Waals surface area contributed by atoms with Crippen molar-refractivity contribution in [3.05, 3.63) is 106 Å². The molecule has 4 aliphatic heterocycles. The number of benzene rings is 3. The molecule has 3 saturated heterocycles. The largest absolute Gasteiger partial charge is 0.573 e. The number of nitrogens with zero attached hydrogens (tertiary/aromatic N) is 5. The molecule has 19 heteroatoms. The molecule has 4 unspecified atom stereocenters. The van der Waals surface area contributed by atoms with Crippen LogP contribution in [0.25, 0.3) is 22.2 Å². The Morgan fingerprint density at radius 1 is 1.03 bits per heavy atom. The molecule has 15 nitrogen and oxygen atoms in total. The van der Waals surface area contributed by atoms with Gasteiger partial charge in [0.1, 0.15) is 35.1 Å². The number of carbonyl (C=O) groups excluding carboxylic acids is 4. The molecule has 334 valence electrons. The lowest BCUT2D eigenvalue weighted by Gasteiger charge is -2.36. The highest BCUT2D eigenvalue weighted by Gasteiger charge is 2.41. The Balaban J connectivity index is 0.811. The molecule has 0 spiro atoms. The van der Waals surface area contributed by atoms with Gasteiger partial charge in [0, 0.05) is 86.8 Å². The number of hydrogen-bond donors (Lipinski definition) is 4. The number of methoxy groups -OCH3 is 1. The van der Waals surface area contributed by atoms with Gasteiger partial charge in [-0.25, -0.2) is 18.2 Å². The Labute approximate surface area is 369 Å². The lowest BCUT2D eigenvalue weighted by Crippen LogP contribution is -2.52. The first kappa shape index (κ1) is 43.3. The maximum Gasteiger partial charge on any atom is 0.258 e. The third-order valence-corrected chi connectivity index (χ3v) is 13.7. The molecule has 64 heavy (non-hydrogen) atoms. The van der Waals surface area contributed by atoms with Crippen molar-refractivity contribution in [3.8, 4) is 16.9 Å². The second-order valence-corrected chi connectivity index (χ2v) is 17.6. The molecular formula is C45H45F3N8O7S. The number of hydrogen-bond acceptors (Lipinski definition) is 12. The lowest BCUT2D eigenvalue weighted by molar-refractivity contribution is -0.136. The third kappa shape index (κ3) is 8.40. The van der Waals surface area contributed by atoms with Crippen molar-refractivity contribution in [3.63, 3.8) is 0 Å². The number of aliphatic hydroxyl groups is 1. The van der Waals surface area contributed by atoms with E-state index < -0.39 is 58.8 Å². The summed E-state index contributed by atoms with van der Waals surface area (Å²) in [5, 5.41) is 13.9. The highest BCUT2D eigenvalue weighted by Crippen LogP contribution is 2.37. The summed E-state index contributed by atoms with van der Waals surface area (Å²) in [7, 11) is 1.46. The number of alkyl halides is 1. The molecule has 2 aromatic heterocycles. The number of pyridine rings is 1. The third-order valence-electron chi connectivity index (χ3n) is 12.5. The fraction of sp³-hybridized carbons (Fsp3) is 0.356. The number of carbonyl (C=O) groups is 4. The summed E-state index contributed by atoms with van der Waals surface area (Å²) >= 11 is -1.99. The number of anilines is 2. The molecule has 9 rings (SSSR count). The maximum absolute atomic E-state index is 15.7. The van der Waals surface area contributed by atoms with Gasteiger partial charge < -0.3 is 29.2 Å². The number of ketones is 1. The van der Waals surface area contributed by atoms with Crippen molar-refractivity contribution in [2.45, 2.75) is 50.5 Å². The number of aromatic amines is 1. The van der Waals surface area contributed by atoms with Crippen LogP contribution in [0.5, 0.6) is 5.75 Å². The molecular weight excluding hydrogens is 854 g/mol. The van der Waals surface area contributed by atoms with Crippen LogP contribution in [-0.2, 0) is 27.7 Å². The maximum atomic E-state index is 15.7. The van der Waals surface area contributed by atoms with E-state index >= 15 is 8.78 Å². The topological polar surface area (TPSA) is 186 Å². The van der Waals surface area contributed by atoms with Gasteiger partial charge in [-0.05, 0) is 72.4 Å². The van der Waals surface area contributed by atoms with Crippen molar-refractivity contribution in [1.82, 2.24) is 29.4 Å². The number of fused-ring (bicyclic) bond motifs is 2. The van der Waals surface area contributed by atoms with Crippen molar-refractivity contribution in [2.75, 3.05) is 62.5 Å². The van der Waals surface area contributed by atoms with Crippen molar-refractivity contribution in [2.24, 2.45) is 0 Å². The van der Waals surface area contributed by atoms with E-state index in [0.717, 1.165) is 49.6 Å². The number of imide groups is 1. The van der Waals surface area contributed by atoms with E-state index in [1.165, 1.54) is 22.5 Å².